The largest absolute Gasteiger partial charge is 0.494 e. The number of nitrogens with zero attached hydrogens (tertiary/aromatic N) is 2. The van der Waals surface area contributed by atoms with Crippen LogP contribution in [0.15, 0.2) is 66.9 Å². The molecule has 0 fully saturated rings. The molecule has 4 aromatic rings. The average molecular weight is 444 g/mol. The second kappa shape index (κ2) is 9.16. The van der Waals surface area contributed by atoms with Gasteiger partial charge in [-0.2, -0.15) is 0 Å². The third-order valence-electron chi connectivity index (χ3n) is 5.72. The van der Waals surface area contributed by atoms with E-state index in [1.807, 2.05) is 73.3 Å². The molecule has 2 heterocycles. The molecule has 1 amide bonds. The number of aliphatic carboxylic acids is 1. The second-order valence-electron chi connectivity index (χ2n) is 7.93. The van der Waals surface area contributed by atoms with E-state index in [0.29, 0.717) is 11.4 Å². The molecule has 168 valence electrons. The zero-order valence-corrected chi connectivity index (χ0v) is 18.7. The number of aryl methyl sites for hydroxylation is 2. The summed E-state index contributed by atoms with van der Waals surface area (Å²) in [6.07, 6.45) is 1.75. The minimum absolute atomic E-state index is 0.182. The molecule has 0 saturated heterocycles. The Morgan fingerprint density at radius 3 is 2.64 bits per heavy atom. The van der Waals surface area contributed by atoms with E-state index in [0.717, 1.165) is 27.6 Å². The number of hydrogen-bond donors (Lipinski definition) is 2. The Morgan fingerprint density at radius 2 is 1.91 bits per heavy atom. The van der Waals surface area contributed by atoms with Crippen LogP contribution in [-0.2, 0) is 11.8 Å². The number of hydrogen-bond acceptors (Lipinski definition) is 4. The van der Waals surface area contributed by atoms with Gasteiger partial charge in [0.15, 0.2) is 0 Å². The van der Waals surface area contributed by atoms with E-state index in [9.17, 15) is 14.7 Å². The third-order valence-corrected chi connectivity index (χ3v) is 5.72. The molecule has 33 heavy (non-hydrogen) atoms. The zero-order valence-electron chi connectivity index (χ0n) is 18.7. The highest BCUT2D eigenvalue weighted by Crippen LogP contribution is 2.31. The number of methoxy groups -OCH3 is 1. The number of amides is 1. The van der Waals surface area contributed by atoms with Gasteiger partial charge < -0.3 is 19.7 Å². The van der Waals surface area contributed by atoms with Gasteiger partial charge in [-0.25, -0.2) is 4.98 Å². The molecular formula is C26H25N3O4. The summed E-state index contributed by atoms with van der Waals surface area (Å²) in [5, 5.41) is 13.3. The maximum absolute atomic E-state index is 13.1. The summed E-state index contributed by atoms with van der Waals surface area (Å²) in [5.41, 5.74) is 4.24. The van der Waals surface area contributed by atoms with Gasteiger partial charge in [0.05, 0.1) is 19.6 Å². The van der Waals surface area contributed by atoms with Gasteiger partial charge in [0.2, 0.25) is 0 Å². The fraction of sp³-hybridized carbons (Fsp3) is 0.192. The SMILES string of the molecule is COc1ccc(C(=O)NC(CC(=O)O)c2ccccc2C)nc1-c1ccc2ccn(C)c2c1. The molecule has 2 aromatic carbocycles. The maximum atomic E-state index is 13.1. The molecule has 1 unspecified atom stereocenters. The second-order valence-corrected chi connectivity index (χ2v) is 7.93. The molecule has 0 spiro atoms. The van der Waals surface area contributed by atoms with Crippen molar-refractivity contribution in [3.05, 3.63) is 83.7 Å². The fourth-order valence-electron chi connectivity index (χ4n) is 3.98. The lowest BCUT2D eigenvalue weighted by molar-refractivity contribution is -0.137. The number of fused-ring (bicyclic) bond motifs is 1. The van der Waals surface area contributed by atoms with Gasteiger partial charge in [0, 0.05) is 24.3 Å². The summed E-state index contributed by atoms with van der Waals surface area (Å²) in [6, 6.07) is 18.0. The number of rotatable bonds is 7. The third kappa shape index (κ3) is 4.57. The smallest absolute Gasteiger partial charge is 0.305 e. The van der Waals surface area contributed by atoms with Crippen molar-refractivity contribution < 1.29 is 19.4 Å². The first-order valence-corrected chi connectivity index (χ1v) is 10.6. The first-order valence-electron chi connectivity index (χ1n) is 10.6. The maximum Gasteiger partial charge on any atom is 0.305 e. The van der Waals surface area contributed by atoms with E-state index < -0.39 is 17.9 Å². The first-order chi connectivity index (χ1) is 15.9. The summed E-state index contributed by atoms with van der Waals surface area (Å²) in [6.45, 7) is 1.89. The van der Waals surface area contributed by atoms with E-state index in [1.165, 1.54) is 0 Å². The number of aromatic nitrogens is 2. The molecule has 0 aliphatic heterocycles. The van der Waals surface area contributed by atoms with Crippen molar-refractivity contribution in [2.24, 2.45) is 7.05 Å². The van der Waals surface area contributed by atoms with Crippen LogP contribution in [0.4, 0.5) is 0 Å². The minimum Gasteiger partial charge on any atom is -0.494 e. The van der Waals surface area contributed by atoms with Crippen LogP contribution < -0.4 is 10.1 Å². The quantitative estimate of drug-likeness (QED) is 0.439. The molecule has 0 saturated carbocycles. The summed E-state index contributed by atoms with van der Waals surface area (Å²) in [7, 11) is 3.52. The Balaban J connectivity index is 1.69. The van der Waals surface area contributed by atoms with Crippen molar-refractivity contribution in [2.75, 3.05) is 7.11 Å². The summed E-state index contributed by atoms with van der Waals surface area (Å²) in [5.74, 6) is -0.905. The highest BCUT2D eigenvalue weighted by atomic mass is 16.5. The molecule has 7 nitrogen and oxygen atoms in total. The van der Waals surface area contributed by atoms with Gasteiger partial charge in [0.25, 0.3) is 5.91 Å². The normalized spacial score (nSPS) is 11.8. The number of carboxylic acid groups (broad SMARTS) is 1. The van der Waals surface area contributed by atoms with Gasteiger partial charge >= 0.3 is 5.97 Å². The first kappa shape index (κ1) is 22.1. The van der Waals surface area contributed by atoms with Crippen LogP contribution in [-0.4, -0.2) is 33.6 Å². The number of benzene rings is 2. The zero-order chi connectivity index (χ0) is 23.5. The van der Waals surface area contributed by atoms with Crippen LogP contribution in [0.25, 0.3) is 22.2 Å². The molecule has 7 heteroatoms. The summed E-state index contributed by atoms with van der Waals surface area (Å²) >= 11 is 0. The van der Waals surface area contributed by atoms with E-state index >= 15 is 0 Å². The summed E-state index contributed by atoms with van der Waals surface area (Å²) < 4.78 is 7.51. The van der Waals surface area contributed by atoms with Crippen molar-refractivity contribution in [2.45, 2.75) is 19.4 Å². The van der Waals surface area contributed by atoms with Crippen molar-refractivity contribution >= 4 is 22.8 Å². The molecule has 0 aliphatic rings. The Morgan fingerprint density at radius 1 is 1.12 bits per heavy atom. The van der Waals surface area contributed by atoms with Gasteiger partial charge in [-0.1, -0.05) is 36.4 Å². The summed E-state index contributed by atoms with van der Waals surface area (Å²) in [4.78, 5) is 29.2. The number of nitrogens with one attached hydrogen (secondary N) is 1. The van der Waals surface area contributed by atoms with Gasteiger partial charge in [-0.15, -0.1) is 0 Å². The minimum atomic E-state index is -0.997. The molecule has 0 bridgehead atoms. The Bertz CT molecular complexity index is 1340. The number of carbonyl (C=O) groups excluding carboxylic acids is 1. The van der Waals surface area contributed by atoms with Gasteiger partial charge in [-0.3, -0.25) is 9.59 Å². The number of ether oxygens (including phenoxy) is 1. The predicted molar refractivity (Wildman–Crippen MR) is 126 cm³/mol. The van der Waals surface area contributed by atoms with Crippen molar-refractivity contribution in [3.8, 4) is 17.0 Å². The number of pyridine rings is 1. The molecule has 1 atom stereocenters. The van der Waals surface area contributed by atoms with Crippen LogP contribution in [0.2, 0.25) is 0 Å². The van der Waals surface area contributed by atoms with Crippen LogP contribution in [0.1, 0.15) is 34.1 Å². The van der Waals surface area contributed by atoms with Crippen molar-refractivity contribution in [3.63, 3.8) is 0 Å². The van der Waals surface area contributed by atoms with Gasteiger partial charge in [-0.05, 0) is 47.7 Å². The Hall–Kier alpha value is -4.13. The van der Waals surface area contributed by atoms with Crippen LogP contribution >= 0.6 is 0 Å². The molecular weight excluding hydrogens is 418 g/mol. The van der Waals surface area contributed by atoms with E-state index in [4.69, 9.17) is 4.74 Å². The highest BCUT2D eigenvalue weighted by molar-refractivity contribution is 5.94. The van der Waals surface area contributed by atoms with Crippen LogP contribution in [0, 0.1) is 6.92 Å². The van der Waals surface area contributed by atoms with E-state index in [2.05, 4.69) is 10.3 Å². The standard InChI is InChI=1S/C26H25N3O4/c1-16-6-4-5-7-19(16)21(15-24(30)31)28-26(32)20-10-11-23(33-3)25(27-20)18-9-8-17-12-13-29(2)22(17)14-18/h4-14,21H,15H2,1-3H3,(H,28,32)(H,30,31). The lowest BCUT2D eigenvalue weighted by atomic mass is 9.98. The topological polar surface area (TPSA) is 93.4 Å². The average Bonchev–Trinajstić information content (AvgIpc) is 3.18. The molecule has 0 aliphatic carbocycles. The lowest BCUT2D eigenvalue weighted by Crippen LogP contribution is -2.31. The number of carboxylic acids is 1. The highest BCUT2D eigenvalue weighted by Gasteiger charge is 2.22. The molecule has 4 rings (SSSR count). The van der Waals surface area contributed by atoms with Crippen LogP contribution in [0.3, 0.4) is 0 Å². The molecule has 2 aromatic heterocycles. The fourth-order valence-corrected chi connectivity index (χ4v) is 3.98. The van der Waals surface area contributed by atoms with Crippen molar-refractivity contribution in [1.82, 2.24) is 14.9 Å². The number of carbonyl (C=O) groups is 2. The molecule has 2 N–H and O–H groups in total. The van der Waals surface area contributed by atoms with Crippen LogP contribution in [0.5, 0.6) is 5.75 Å². The lowest BCUT2D eigenvalue weighted by Gasteiger charge is -2.19. The van der Waals surface area contributed by atoms with Gasteiger partial charge in [0.1, 0.15) is 17.1 Å². The van der Waals surface area contributed by atoms with Crippen molar-refractivity contribution in [1.29, 1.82) is 0 Å². The molecule has 0 radical (unpaired) electrons. The monoisotopic (exact) mass is 443 g/mol. The predicted octanol–water partition coefficient (Wildman–Crippen LogP) is 4.50. The van der Waals surface area contributed by atoms with E-state index in [-0.39, 0.29) is 12.1 Å². The van der Waals surface area contributed by atoms with E-state index in [1.54, 1.807) is 19.2 Å². The Kier molecular flexibility index (Phi) is 6.13. The Labute approximate surface area is 191 Å².